The molecule has 4 N–H and O–H groups in total. The van der Waals surface area contributed by atoms with Crippen molar-refractivity contribution >= 4 is 17.0 Å². The Morgan fingerprint density at radius 1 is 1.05 bits per heavy atom. The predicted molar refractivity (Wildman–Crippen MR) is 86.1 cm³/mol. The van der Waals surface area contributed by atoms with Crippen LogP contribution in [0.1, 0.15) is 16.7 Å². The molecular formula is C17H18N4. The third-order valence-electron chi connectivity index (χ3n) is 4.23. The zero-order valence-corrected chi connectivity index (χ0v) is 11.9. The number of nitrogens with two attached hydrogens (primary N) is 1. The van der Waals surface area contributed by atoms with E-state index < -0.39 is 0 Å². The number of hydrogen-bond donors (Lipinski definition) is 3. The van der Waals surface area contributed by atoms with Gasteiger partial charge in [-0.25, -0.2) is 5.43 Å². The van der Waals surface area contributed by atoms with E-state index in [1.807, 2.05) is 0 Å². The van der Waals surface area contributed by atoms with Crippen LogP contribution >= 0.6 is 0 Å². The van der Waals surface area contributed by atoms with Gasteiger partial charge in [-0.05, 0) is 17.2 Å². The molecule has 2 aliphatic heterocycles. The largest absolute Gasteiger partial charge is 0.370 e. The van der Waals surface area contributed by atoms with E-state index in [1.165, 1.54) is 22.4 Å². The second kappa shape index (κ2) is 4.62. The summed E-state index contributed by atoms with van der Waals surface area (Å²) in [5.74, 6) is 0. The first-order valence-electron chi connectivity index (χ1n) is 7.16. The molecule has 0 aromatic heterocycles. The van der Waals surface area contributed by atoms with Crippen LogP contribution in [0.15, 0.2) is 48.5 Å². The van der Waals surface area contributed by atoms with Gasteiger partial charge in [0.1, 0.15) is 6.17 Å². The Labute approximate surface area is 124 Å². The van der Waals surface area contributed by atoms with Crippen LogP contribution in [0.5, 0.6) is 0 Å². The molecule has 0 bridgehead atoms. The number of benzene rings is 2. The maximum absolute atomic E-state index is 6.27. The third-order valence-corrected chi connectivity index (χ3v) is 4.23. The van der Waals surface area contributed by atoms with Gasteiger partial charge in [0.2, 0.25) is 0 Å². The third kappa shape index (κ3) is 1.84. The van der Waals surface area contributed by atoms with Gasteiger partial charge in [-0.1, -0.05) is 42.5 Å². The minimum Gasteiger partial charge on any atom is -0.370 e. The Morgan fingerprint density at radius 2 is 1.76 bits per heavy atom. The van der Waals surface area contributed by atoms with E-state index in [4.69, 9.17) is 5.73 Å². The van der Waals surface area contributed by atoms with Crippen molar-refractivity contribution in [2.75, 3.05) is 11.9 Å². The van der Waals surface area contributed by atoms with Gasteiger partial charge in [-0.15, -0.1) is 0 Å². The first-order valence-corrected chi connectivity index (χ1v) is 7.16. The van der Waals surface area contributed by atoms with Crippen molar-refractivity contribution in [3.63, 3.8) is 0 Å². The number of rotatable bonds is 0. The molecule has 4 rings (SSSR count). The van der Waals surface area contributed by atoms with Gasteiger partial charge in [0.05, 0.1) is 5.70 Å². The van der Waals surface area contributed by atoms with Crippen molar-refractivity contribution in [3.05, 3.63) is 65.2 Å². The highest BCUT2D eigenvalue weighted by Crippen LogP contribution is 2.38. The highest BCUT2D eigenvalue weighted by Gasteiger charge is 2.29. The molecule has 0 aliphatic carbocycles. The fourth-order valence-electron chi connectivity index (χ4n) is 3.24. The van der Waals surface area contributed by atoms with E-state index in [-0.39, 0.29) is 6.17 Å². The minimum atomic E-state index is -0.197. The summed E-state index contributed by atoms with van der Waals surface area (Å²) < 4.78 is 0. The van der Waals surface area contributed by atoms with Crippen molar-refractivity contribution < 1.29 is 0 Å². The van der Waals surface area contributed by atoms with E-state index in [2.05, 4.69) is 71.3 Å². The Kier molecular flexibility index (Phi) is 2.74. The van der Waals surface area contributed by atoms with E-state index in [0.717, 1.165) is 17.8 Å². The maximum atomic E-state index is 6.27. The van der Waals surface area contributed by atoms with E-state index in [9.17, 15) is 0 Å². The van der Waals surface area contributed by atoms with Crippen LogP contribution in [0.3, 0.4) is 0 Å². The molecule has 2 aliphatic rings. The number of anilines is 1. The number of nitrogens with zero attached hydrogens (tertiary/aromatic N) is 1. The molecule has 0 saturated carbocycles. The smallest absolute Gasteiger partial charge is 0.101 e. The van der Waals surface area contributed by atoms with Crippen LogP contribution in [0, 0.1) is 0 Å². The lowest BCUT2D eigenvalue weighted by Crippen LogP contribution is -2.38. The first-order chi connectivity index (χ1) is 10.3. The molecule has 0 spiro atoms. The molecule has 21 heavy (non-hydrogen) atoms. The number of nitrogens with one attached hydrogen (secondary N) is 2. The number of para-hydroxylation sites is 1. The second-order valence-electron chi connectivity index (χ2n) is 5.57. The molecule has 2 aromatic rings. The summed E-state index contributed by atoms with van der Waals surface area (Å²) in [5, 5.41) is 0. The van der Waals surface area contributed by atoms with Gasteiger partial charge in [0.15, 0.2) is 0 Å². The lowest BCUT2D eigenvalue weighted by molar-refractivity contribution is 0.615. The topological polar surface area (TPSA) is 53.3 Å². The molecular weight excluding hydrogens is 260 g/mol. The van der Waals surface area contributed by atoms with Crippen molar-refractivity contribution in [3.8, 4) is 0 Å². The Balaban J connectivity index is 2.05. The van der Waals surface area contributed by atoms with Crippen molar-refractivity contribution in [2.24, 2.45) is 5.73 Å². The van der Waals surface area contributed by atoms with E-state index in [1.54, 1.807) is 0 Å². The van der Waals surface area contributed by atoms with Gasteiger partial charge in [-0.3, -0.25) is 0 Å². The summed E-state index contributed by atoms with van der Waals surface area (Å²) >= 11 is 0. The first kappa shape index (κ1) is 12.4. The lowest BCUT2D eigenvalue weighted by atomic mass is 9.92. The number of hydrazine groups is 1. The van der Waals surface area contributed by atoms with Crippen LogP contribution in [0.2, 0.25) is 0 Å². The van der Waals surface area contributed by atoms with Crippen molar-refractivity contribution in [2.45, 2.75) is 12.7 Å². The molecule has 0 saturated heterocycles. The van der Waals surface area contributed by atoms with Crippen LogP contribution in [0.4, 0.5) is 5.69 Å². The minimum absolute atomic E-state index is 0.197. The van der Waals surface area contributed by atoms with Crippen molar-refractivity contribution in [1.29, 1.82) is 0 Å². The average Bonchev–Trinajstić information content (AvgIpc) is 2.88. The van der Waals surface area contributed by atoms with Gasteiger partial charge < -0.3 is 16.1 Å². The fraction of sp³-hybridized carbons (Fsp3) is 0.176. The highest BCUT2D eigenvalue weighted by atomic mass is 15.4. The number of hydrogen-bond acceptors (Lipinski definition) is 4. The molecule has 2 aromatic carbocycles. The van der Waals surface area contributed by atoms with Crippen LogP contribution in [-0.4, -0.2) is 13.2 Å². The van der Waals surface area contributed by atoms with Crippen LogP contribution < -0.4 is 21.5 Å². The average molecular weight is 278 g/mol. The second-order valence-corrected chi connectivity index (χ2v) is 5.57. The lowest BCUT2D eigenvalue weighted by Gasteiger charge is -2.27. The van der Waals surface area contributed by atoms with E-state index >= 15 is 0 Å². The standard InChI is InChI=1S/C17H18N4/c1-21-10-11-6-2-3-7-12(11)15-16(19-20-17(15)18)13-8-4-5-9-14(13)21/h2-9,17,19-20H,10,18H2,1H3. The summed E-state index contributed by atoms with van der Waals surface area (Å²) in [7, 11) is 2.13. The molecule has 2 heterocycles. The van der Waals surface area contributed by atoms with Gasteiger partial charge in [0, 0.05) is 30.4 Å². The van der Waals surface area contributed by atoms with Gasteiger partial charge >= 0.3 is 0 Å². The molecule has 0 amide bonds. The van der Waals surface area contributed by atoms with Gasteiger partial charge in [0.25, 0.3) is 0 Å². The van der Waals surface area contributed by atoms with Gasteiger partial charge in [-0.2, -0.15) is 0 Å². The summed E-state index contributed by atoms with van der Waals surface area (Å²) in [5.41, 5.74) is 19.8. The SMILES string of the molecule is CN1Cc2ccccc2C2=C(NNC2N)c2ccccc21. The Hall–Kier alpha value is -2.30. The summed E-state index contributed by atoms with van der Waals surface area (Å²) in [6, 6.07) is 16.9. The Bertz CT molecular complexity index is 735. The molecule has 106 valence electrons. The van der Waals surface area contributed by atoms with Crippen LogP contribution in [0.25, 0.3) is 11.3 Å². The molecule has 0 radical (unpaired) electrons. The number of fused-ring (bicyclic) bond motifs is 4. The predicted octanol–water partition coefficient (Wildman–Crippen LogP) is 1.90. The van der Waals surface area contributed by atoms with Crippen LogP contribution in [-0.2, 0) is 6.54 Å². The molecule has 4 nitrogen and oxygen atoms in total. The monoisotopic (exact) mass is 278 g/mol. The van der Waals surface area contributed by atoms with Crippen molar-refractivity contribution in [1.82, 2.24) is 10.9 Å². The normalized spacial score (nSPS) is 20.1. The zero-order chi connectivity index (χ0) is 14.4. The molecule has 4 heteroatoms. The molecule has 1 atom stereocenters. The fourth-order valence-corrected chi connectivity index (χ4v) is 3.24. The highest BCUT2D eigenvalue weighted by molar-refractivity contribution is 5.98. The zero-order valence-electron chi connectivity index (χ0n) is 11.9. The molecule has 1 unspecified atom stereocenters. The summed E-state index contributed by atoms with van der Waals surface area (Å²) in [4.78, 5) is 2.28. The maximum Gasteiger partial charge on any atom is 0.101 e. The summed E-state index contributed by atoms with van der Waals surface area (Å²) in [6.45, 7) is 0.872. The Morgan fingerprint density at radius 3 is 2.62 bits per heavy atom. The quantitative estimate of drug-likeness (QED) is 0.689. The van der Waals surface area contributed by atoms with E-state index in [0.29, 0.717) is 0 Å². The molecule has 0 fully saturated rings. The summed E-state index contributed by atoms with van der Waals surface area (Å²) in [6.07, 6.45) is -0.197.